The number of aliphatic hydroxyl groups is 1. The van der Waals surface area contributed by atoms with E-state index in [4.69, 9.17) is 9.47 Å². The molecule has 0 spiro atoms. The summed E-state index contributed by atoms with van der Waals surface area (Å²) in [6.07, 6.45) is 0.673. The van der Waals surface area contributed by atoms with Crippen molar-refractivity contribution in [1.82, 2.24) is 4.98 Å². The van der Waals surface area contributed by atoms with Crippen LogP contribution in [-0.4, -0.2) is 45.8 Å². The molecule has 1 unspecified atom stereocenters. The third kappa shape index (κ3) is 4.71. The molecule has 0 radical (unpaired) electrons. The van der Waals surface area contributed by atoms with Gasteiger partial charge in [0.2, 0.25) is 0 Å². The number of carbonyl (C=O) groups is 2. The minimum absolute atomic E-state index is 0.0618. The second kappa shape index (κ2) is 7.63. The van der Waals surface area contributed by atoms with Crippen LogP contribution in [0, 0.1) is 10.1 Å². The Balaban J connectivity index is 3.14. The summed E-state index contributed by atoms with van der Waals surface area (Å²) < 4.78 is 9.46. The molecule has 9 heteroatoms. The standard InChI is InChI=1S/C14H18N2O7/c1-4-22-12(17)9-6-11(16(20)21)10(15-8-9)7-14(3,19)13(18)23-5-2/h6,8,19H,4-5,7H2,1-3H3. The van der Waals surface area contributed by atoms with Gasteiger partial charge in [0.05, 0.1) is 23.7 Å². The smallest absolute Gasteiger partial charge is 0.339 e. The van der Waals surface area contributed by atoms with Crippen LogP contribution < -0.4 is 0 Å². The first-order valence-corrected chi connectivity index (χ1v) is 6.93. The van der Waals surface area contributed by atoms with Crippen LogP contribution in [0.3, 0.4) is 0 Å². The predicted octanol–water partition coefficient (Wildman–Crippen LogP) is 1.02. The minimum atomic E-state index is -1.97. The van der Waals surface area contributed by atoms with Gasteiger partial charge in [0.1, 0.15) is 5.69 Å². The number of nitro groups is 1. The molecule has 23 heavy (non-hydrogen) atoms. The first-order chi connectivity index (χ1) is 10.7. The fourth-order valence-electron chi connectivity index (χ4n) is 1.79. The number of hydrogen-bond donors (Lipinski definition) is 1. The molecule has 1 atom stereocenters. The summed E-state index contributed by atoms with van der Waals surface area (Å²) in [6, 6.07) is 1.00. The van der Waals surface area contributed by atoms with Crippen LogP contribution in [0.2, 0.25) is 0 Å². The highest BCUT2D eigenvalue weighted by Gasteiger charge is 2.35. The van der Waals surface area contributed by atoms with Gasteiger partial charge in [0.15, 0.2) is 5.60 Å². The highest BCUT2D eigenvalue weighted by molar-refractivity contribution is 5.90. The molecule has 1 aromatic heterocycles. The highest BCUT2D eigenvalue weighted by Crippen LogP contribution is 2.23. The van der Waals surface area contributed by atoms with E-state index >= 15 is 0 Å². The second-order valence-electron chi connectivity index (χ2n) is 4.84. The fourth-order valence-corrected chi connectivity index (χ4v) is 1.79. The van der Waals surface area contributed by atoms with Crippen LogP contribution in [0.5, 0.6) is 0 Å². The maximum absolute atomic E-state index is 11.7. The second-order valence-corrected chi connectivity index (χ2v) is 4.84. The molecule has 0 saturated heterocycles. The number of rotatable bonds is 7. The van der Waals surface area contributed by atoms with Gasteiger partial charge in [-0.2, -0.15) is 0 Å². The van der Waals surface area contributed by atoms with E-state index in [2.05, 4.69) is 4.98 Å². The number of nitrogens with zero attached hydrogens (tertiary/aromatic N) is 2. The summed E-state index contributed by atoms with van der Waals surface area (Å²) in [5, 5.41) is 21.3. The lowest BCUT2D eigenvalue weighted by Crippen LogP contribution is -2.39. The van der Waals surface area contributed by atoms with Crippen LogP contribution in [0.4, 0.5) is 5.69 Å². The Kier molecular flexibility index (Phi) is 6.14. The Hall–Kier alpha value is -2.55. The van der Waals surface area contributed by atoms with Crippen molar-refractivity contribution in [2.45, 2.75) is 32.8 Å². The topological polar surface area (TPSA) is 129 Å². The average molecular weight is 326 g/mol. The van der Waals surface area contributed by atoms with E-state index in [1.165, 1.54) is 6.92 Å². The van der Waals surface area contributed by atoms with E-state index < -0.39 is 34.6 Å². The van der Waals surface area contributed by atoms with Gasteiger partial charge in [0, 0.05) is 18.7 Å². The van der Waals surface area contributed by atoms with Crippen molar-refractivity contribution in [1.29, 1.82) is 0 Å². The number of hydrogen-bond acceptors (Lipinski definition) is 8. The normalized spacial score (nSPS) is 13.0. The third-order valence-corrected chi connectivity index (χ3v) is 2.88. The number of ether oxygens (including phenoxy) is 2. The lowest BCUT2D eigenvalue weighted by molar-refractivity contribution is -0.386. The van der Waals surface area contributed by atoms with E-state index in [-0.39, 0.29) is 24.5 Å². The molecule has 1 rings (SSSR count). The number of esters is 2. The zero-order chi connectivity index (χ0) is 17.6. The molecule has 1 heterocycles. The zero-order valence-electron chi connectivity index (χ0n) is 13.1. The molecule has 9 nitrogen and oxygen atoms in total. The first kappa shape index (κ1) is 18.5. The molecule has 126 valence electrons. The van der Waals surface area contributed by atoms with Crippen LogP contribution in [0.25, 0.3) is 0 Å². The quantitative estimate of drug-likeness (QED) is 0.447. The predicted molar refractivity (Wildman–Crippen MR) is 77.8 cm³/mol. The Morgan fingerprint density at radius 2 is 1.96 bits per heavy atom. The van der Waals surface area contributed by atoms with Crippen molar-refractivity contribution in [3.63, 3.8) is 0 Å². The summed E-state index contributed by atoms with van der Waals surface area (Å²) in [5.74, 6) is -1.66. The number of aromatic nitrogens is 1. The molecule has 0 aliphatic carbocycles. The maximum Gasteiger partial charge on any atom is 0.339 e. The first-order valence-electron chi connectivity index (χ1n) is 6.93. The Labute approximate surface area is 132 Å². The molecular weight excluding hydrogens is 308 g/mol. The number of pyridine rings is 1. The van der Waals surface area contributed by atoms with E-state index in [9.17, 15) is 24.8 Å². The van der Waals surface area contributed by atoms with Gasteiger partial charge in [-0.15, -0.1) is 0 Å². The molecule has 0 aliphatic rings. The lowest BCUT2D eigenvalue weighted by Gasteiger charge is -2.20. The number of carbonyl (C=O) groups excluding carboxylic acids is 2. The van der Waals surface area contributed by atoms with E-state index in [1.54, 1.807) is 13.8 Å². The Bertz CT molecular complexity index is 613. The van der Waals surface area contributed by atoms with E-state index in [0.717, 1.165) is 12.3 Å². The van der Waals surface area contributed by atoms with Gasteiger partial charge < -0.3 is 14.6 Å². The van der Waals surface area contributed by atoms with Gasteiger partial charge in [-0.05, 0) is 20.8 Å². The van der Waals surface area contributed by atoms with Crippen molar-refractivity contribution in [2.75, 3.05) is 13.2 Å². The van der Waals surface area contributed by atoms with E-state index in [1.807, 2.05) is 0 Å². The molecule has 0 saturated carbocycles. The highest BCUT2D eigenvalue weighted by atomic mass is 16.6. The average Bonchev–Trinajstić information content (AvgIpc) is 2.47. The van der Waals surface area contributed by atoms with Gasteiger partial charge in [-0.3, -0.25) is 15.1 Å². The van der Waals surface area contributed by atoms with Crippen LogP contribution in [0.15, 0.2) is 12.3 Å². The molecule has 0 fully saturated rings. The van der Waals surface area contributed by atoms with Crippen LogP contribution in [0.1, 0.15) is 36.8 Å². The zero-order valence-corrected chi connectivity index (χ0v) is 13.1. The molecule has 0 aliphatic heterocycles. The van der Waals surface area contributed by atoms with Crippen molar-refractivity contribution in [2.24, 2.45) is 0 Å². The van der Waals surface area contributed by atoms with E-state index in [0.29, 0.717) is 0 Å². The van der Waals surface area contributed by atoms with Crippen molar-refractivity contribution >= 4 is 17.6 Å². The Morgan fingerprint density at radius 1 is 1.35 bits per heavy atom. The summed E-state index contributed by atoms with van der Waals surface area (Å²) in [6.45, 7) is 4.53. The van der Waals surface area contributed by atoms with Crippen molar-refractivity contribution in [3.8, 4) is 0 Å². The lowest BCUT2D eigenvalue weighted by atomic mass is 9.98. The molecule has 0 aromatic carbocycles. The Morgan fingerprint density at radius 3 is 2.48 bits per heavy atom. The van der Waals surface area contributed by atoms with Crippen LogP contribution in [-0.2, 0) is 20.7 Å². The summed E-state index contributed by atoms with van der Waals surface area (Å²) in [7, 11) is 0. The van der Waals surface area contributed by atoms with Crippen LogP contribution >= 0.6 is 0 Å². The van der Waals surface area contributed by atoms with Gasteiger partial charge >= 0.3 is 11.9 Å². The van der Waals surface area contributed by atoms with Gasteiger partial charge in [-0.25, -0.2) is 9.59 Å². The maximum atomic E-state index is 11.7. The summed E-state index contributed by atoms with van der Waals surface area (Å²) in [5.41, 5.74) is -2.68. The SMILES string of the molecule is CCOC(=O)c1cnc(CC(C)(O)C(=O)OCC)c([N+](=O)[O-])c1. The summed E-state index contributed by atoms with van der Waals surface area (Å²) in [4.78, 5) is 37.5. The molecule has 1 N–H and O–H groups in total. The summed E-state index contributed by atoms with van der Waals surface area (Å²) >= 11 is 0. The van der Waals surface area contributed by atoms with Gasteiger partial charge in [-0.1, -0.05) is 0 Å². The molecular formula is C14H18N2O7. The largest absolute Gasteiger partial charge is 0.464 e. The van der Waals surface area contributed by atoms with Crippen molar-refractivity contribution in [3.05, 3.63) is 33.6 Å². The molecule has 1 aromatic rings. The third-order valence-electron chi connectivity index (χ3n) is 2.88. The van der Waals surface area contributed by atoms with Gasteiger partial charge in [0.25, 0.3) is 5.69 Å². The minimum Gasteiger partial charge on any atom is -0.464 e. The molecule has 0 amide bonds. The van der Waals surface area contributed by atoms with Crippen molar-refractivity contribution < 1.29 is 29.1 Å². The monoisotopic (exact) mass is 326 g/mol. The fraction of sp³-hybridized carbons (Fsp3) is 0.500. The molecule has 0 bridgehead atoms.